The van der Waals surface area contributed by atoms with Gasteiger partial charge in [0.2, 0.25) is 0 Å². The van der Waals surface area contributed by atoms with E-state index in [-0.39, 0.29) is 6.61 Å². The SMILES string of the molecule is COc1ccc(OCc2nnc(SCc3ccccc3C#N)n2-c2ccccc2)cc1. The lowest BCUT2D eigenvalue weighted by molar-refractivity contribution is 0.292. The van der Waals surface area contributed by atoms with Gasteiger partial charge in [-0.1, -0.05) is 48.2 Å². The summed E-state index contributed by atoms with van der Waals surface area (Å²) in [5, 5.41) is 18.9. The van der Waals surface area contributed by atoms with E-state index in [1.165, 1.54) is 11.8 Å². The van der Waals surface area contributed by atoms with Crippen LogP contribution in [-0.4, -0.2) is 21.9 Å². The third-order valence-corrected chi connectivity index (χ3v) is 5.61. The highest BCUT2D eigenvalue weighted by Gasteiger charge is 2.16. The second kappa shape index (κ2) is 9.83. The molecule has 1 aromatic heterocycles. The fraction of sp³-hybridized carbons (Fsp3) is 0.125. The quantitative estimate of drug-likeness (QED) is 0.367. The summed E-state index contributed by atoms with van der Waals surface area (Å²) in [5.41, 5.74) is 2.59. The van der Waals surface area contributed by atoms with Gasteiger partial charge in [-0.3, -0.25) is 4.57 Å². The van der Waals surface area contributed by atoms with Gasteiger partial charge in [0.15, 0.2) is 11.0 Å². The maximum Gasteiger partial charge on any atom is 0.196 e. The Morgan fingerprint density at radius 3 is 2.35 bits per heavy atom. The van der Waals surface area contributed by atoms with E-state index in [4.69, 9.17) is 9.47 Å². The van der Waals surface area contributed by atoms with Crippen LogP contribution in [-0.2, 0) is 12.4 Å². The first-order chi connectivity index (χ1) is 15.3. The number of hydrogen-bond donors (Lipinski definition) is 0. The lowest BCUT2D eigenvalue weighted by Gasteiger charge is -2.11. The van der Waals surface area contributed by atoms with Crippen molar-refractivity contribution in [2.45, 2.75) is 17.5 Å². The van der Waals surface area contributed by atoms with Crippen LogP contribution in [0.5, 0.6) is 11.5 Å². The maximum atomic E-state index is 9.35. The van der Waals surface area contributed by atoms with Crippen molar-refractivity contribution in [3.05, 3.63) is 95.8 Å². The van der Waals surface area contributed by atoms with Crippen molar-refractivity contribution in [2.24, 2.45) is 0 Å². The molecule has 0 unspecified atom stereocenters. The molecule has 0 bridgehead atoms. The summed E-state index contributed by atoms with van der Waals surface area (Å²) in [5.74, 6) is 2.81. The molecule has 3 aromatic carbocycles. The zero-order valence-corrected chi connectivity index (χ0v) is 17.7. The van der Waals surface area contributed by atoms with Crippen LogP contribution in [0.1, 0.15) is 17.0 Å². The van der Waals surface area contributed by atoms with Crippen LogP contribution >= 0.6 is 11.8 Å². The molecule has 4 rings (SSSR count). The molecule has 6 nitrogen and oxygen atoms in total. The lowest BCUT2D eigenvalue weighted by atomic mass is 10.1. The Hall–Kier alpha value is -3.76. The van der Waals surface area contributed by atoms with Crippen molar-refractivity contribution >= 4 is 11.8 Å². The molecule has 0 atom stereocenters. The zero-order valence-electron chi connectivity index (χ0n) is 16.9. The number of methoxy groups -OCH3 is 1. The molecule has 1 heterocycles. The molecule has 0 N–H and O–H groups in total. The molecule has 0 saturated heterocycles. The number of rotatable bonds is 8. The van der Waals surface area contributed by atoms with E-state index < -0.39 is 0 Å². The predicted octanol–water partition coefficient (Wildman–Crippen LogP) is 5.02. The number of para-hydroxylation sites is 1. The van der Waals surface area contributed by atoms with Gasteiger partial charge in [-0.15, -0.1) is 10.2 Å². The van der Waals surface area contributed by atoms with E-state index in [0.717, 1.165) is 27.9 Å². The van der Waals surface area contributed by atoms with E-state index in [2.05, 4.69) is 16.3 Å². The summed E-state index contributed by atoms with van der Waals surface area (Å²) in [6.45, 7) is 0.267. The number of nitriles is 1. The monoisotopic (exact) mass is 428 g/mol. The molecule has 0 spiro atoms. The van der Waals surface area contributed by atoms with Gasteiger partial charge in [0.05, 0.1) is 18.7 Å². The third kappa shape index (κ3) is 4.87. The fourth-order valence-corrected chi connectivity index (χ4v) is 4.02. The van der Waals surface area contributed by atoms with Crippen LogP contribution < -0.4 is 9.47 Å². The van der Waals surface area contributed by atoms with Gasteiger partial charge in [0.25, 0.3) is 0 Å². The molecule has 0 fully saturated rings. The Morgan fingerprint density at radius 1 is 0.903 bits per heavy atom. The van der Waals surface area contributed by atoms with Gasteiger partial charge < -0.3 is 9.47 Å². The molecule has 0 amide bonds. The van der Waals surface area contributed by atoms with Crippen LogP contribution in [0, 0.1) is 11.3 Å². The molecule has 0 saturated carbocycles. The van der Waals surface area contributed by atoms with Gasteiger partial charge in [0, 0.05) is 11.4 Å². The van der Waals surface area contributed by atoms with Gasteiger partial charge in [0.1, 0.15) is 18.1 Å². The van der Waals surface area contributed by atoms with Crippen molar-refractivity contribution in [1.29, 1.82) is 5.26 Å². The van der Waals surface area contributed by atoms with Crippen LogP contribution in [0.15, 0.2) is 84.0 Å². The Bertz CT molecular complexity index is 1180. The number of benzene rings is 3. The van der Waals surface area contributed by atoms with E-state index >= 15 is 0 Å². The highest BCUT2D eigenvalue weighted by Crippen LogP contribution is 2.27. The van der Waals surface area contributed by atoms with Gasteiger partial charge in [-0.25, -0.2) is 0 Å². The van der Waals surface area contributed by atoms with Crippen molar-refractivity contribution in [1.82, 2.24) is 14.8 Å². The number of ether oxygens (including phenoxy) is 2. The number of nitrogens with zero attached hydrogens (tertiary/aromatic N) is 4. The standard InChI is InChI=1S/C24H20N4O2S/c1-29-21-11-13-22(14-12-21)30-16-23-26-27-24(28(23)20-9-3-2-4-10-20)31-17-19-8-6-5-7-18(19)15-25/h2-14H,16-17H2,1H3. The van der Waals surface area contributed by atoms with Gasteiger partial charge in [-0.05, 0) is 48.0 Å². The number of aromatic nitrogens is 3. The van der Waals surface area contributed by atoms with E-state index in [1.807, 2.05) is 83.4 Å². The Morgan fingerprint density at radius 2 is 1.61 bits per heavy atom. The first kappa shape index (κ1) is 20.5. The Kier molecular flexibility index (Phi) is 6.50. The van der Waals surface area contributed by atoms with Crippen molar-refractivity contribution < 1.29 is 9.47 Å². The molecule has 0 aliphatic rings. The normalized spacial score (nSPS) is 10.5. The molecule has 0 aliphatic carbocycles. The third-order valence-electron chi connectivity index (χ3n) is 4.64. The fourth-order valence-electron chi connectivity index (χ4n) is 3.04. The average Bonchev–Trinajstić information content (AvgIpc) is 3.25. The number of hydrogen-bond acceptors (Lipinski definition) is 6. The molecular formula is C24H20N4O2S. The molecule has 31 heavy (non-hydrogen) atoms. The van der Waals surface area contributed by atoms with Crippen LogP contribution in [0.3, 0.4) is 0 Å². The van der Waals surface area contributed by atoms with Crippen LogP contribution in [0.25, 0.3) is 5.69 Å². The molecule has 0 aliphatic heterocycles. The smallest absolute Gasteiger partial charge is 0.196 e. The number of thioether (sulfide) groups is 1. The minimum atomic E-state index is 0.267. The Labute approximate surface area is 185 Å². The molecule has 0 radical (unpaired) electrons. The maximum absolute atomic E-state index is 9.35. The van der Waals surface area contributed by atoms with Crippen LogP contribution in [0.4, 0.5) is 0 Å². The van der Waals surface area contributed by atoms with Crippen molar-refractivity contribution in [3.8, 4) is 23.3 Å². The zero-order chi connectivity index (χ0) is 21.5. The highest BCUT2D eigenvalue weighted by atomic mass is 32.2. The van der Waals surface area contributed by atoms with Gasteiger partial charge >= 0.3 is 0 Å². The summed E-state index contributed by atoms with van der Waals surface area (Å²) < 4.78 is 13.1. The largest absolute Gasteiger partial charge is 0.497 e. The summed E-state index contributed by atoms with van der Waals surface area (Å²) in [6, 6.07) is 27.2. The summed E-state index contributed by atoms with van der Waals surface area (Å²) >= 11 is 1.54. The first-order valence-corrected chi connectivity index (χ1v) is 10.6. The predicted molar refractivity (Wildman–Crippen MR) is 119 cm³/mol. The molecular weight excluding hydrogens is 408 g/mol. The topological polar surface area (TPSA) is 73.0 Å². The van der Waals surface area contributed by atoms with E-state index in [0.29, 0.717) is 17.1 Å². The minimum absolute atomic E-state index is 0.267. The highest BCUT2D eigenvalue weighted by molar-refractivity contribution is 7.98. The second-order valence-electron chi connectivity index (χ2n) is 6.59. The first-order valence-electron chi connectivity index (χ1n) is 9.66. The van der Waals surface area contributed by atoms with Crippen molar-refractivity contribution in [2.75, 3.05) is 7.11 Å². The van der Waals surface area contributed by atoms with Crippen molar-refractivity contribution in [3.63, 3.8) is 0 Å². The van der Waals surface area contributed by atoms with Gasteiger partial charge in [-0.2, -0.15) is 5.26 Å². The summed E-state index contributed by atoms with van der Waals surface area (Å²) in [6.07, 6.45) is 0. The minimum Gasteiger partial charge on any atom is -0.497 e. The van der Waals surface area contributed by atoms with E-state index in [9.17, 15) is 5.26 Å². The average molecular weight is 429 g/mol. The second-order valence-corrected chi connectivity index (χ2v) is 7.53. The summed E-state index contributed by atoms with van der Waals surface area (Å²) in [7, 11) is 1.63. The van der Waals surface area contributed by atoms with Crippen LogP contribution in [0.2, 0.25) is 0 Å². The molecule has 4 aromatic rings. The van der Waals surface area contributed by atoms with E-state index in [1.54, 1.807) is 7.11 Å². The molecule has 154 valence electrons. The summed E-state index contributed by atoms with van der Waals surface area (Å²) in [4.78, 5) is 0. The molecule has 7 heteroatoms. The Balaban J connectivity index is 1.57. The lowest BCUT2D eigenvalue weighted by Crippen LogP contribution is -2.06.